The molecule has 2 aliphatic carbocycles. The Labute approximate surface area is 120 Å². The molecular formula is C15H25NO4. The Bertz CT molecular complexity index is 346. The molecular weight excluding hydrogens is 258 g/mol. The summed E-state index contributed by atoms with van der Waals surface area (Å²) in [7, 11) is 0. The van der Waals surface area contributed by atoms with Crippen LogP contribution in [0, 0.1) is 5.92 Å². The van der Waals surface area contributed by atoms with Crippen LogP contribution in [0.1, 0.15) is 51.9 Å². The molecule has 20 heavy (non-hydrogen) atoms. The van der Waals surface area contributed by atoms with Gasteiger partial charge in [-0.2, -0.15) is 0 Å². The van der Waals surface area contributed by atoms with E-state index in [2.05, 4.69) is 5.32 Å². The minimum atomic E-state index is -0.825. The summed E-state index contributed by atoms with van der Waals surface area (Å²) in [6.07, 6.45) is 6.74. The van der Waals surface area contributed by atoms with Gasteiger partial charge in [-0.15, -0.1) is 0 Å². The molecule has 1 amide bonds. The van der Waals surface area contributed by atoms with Gasteiger partial charge in [-0.3, -0.25) is 4.79 Å². The van der Waals surface area contributed by atoms with Gasteiger partial charge in [0.15, 0.2) is 0 Å². The van der Waals surface area contributed by atoms with E-state index < -0.39 is 5.54 Å². The monoisotopic (exact) mass is 283 g/mol. The van der Waals surface area contributed by atoms with E-state index in [1.165, 1.54) is 12.8 Å². The van der Waals surface area contributed by atoms with E-state index in [-0.39, 0.29) is 18.5 Å². The van der Waals surface area contributed by atoms with Crippen LogP contribution >= 0.6 is 0 Å². The number of ether oxygens (including phenoxy) is 2. The van der Waals surface area contributed by atoms with Crippen LogP contribution in [0.25, 0.3) is 0 Å². The second kappa shape index (κ2) is 7.07. The fourth-order valence-corrected chi connectivity index (χ4v) is 2.71. The SMILES string of the molecule is CCOC(=O)C1(NC(=O)COCC2CC2)CCCCC1. The van der Waals surface area contributed by atoms with Crippen molar-refractivity contribution >= 4 is 11.9 Å². The maximum absolute atomic E-state index is 12.2. The van der Waals surface area contributed by atoms with Crippen molar-refractivity contribution in [2.45, 2.75) is 57.4 Å². The molecule has 1 N–H and O–H groups in total. The fourth-order valence-electron chi connectivity index (χ4n) is 2.71. The third-order valence-electron chi connectivity index (χ3n) is 4.04. The Morgan fingerprint density at radius 1 is 1.20 bits per heavy atom. The zero-order valence-corrected chi connectivity index (χ0v) is 12.3. The minimum absolute atomic E-state index is 0.0393. The minimum Gasteiger partial charge on any atom is -0.464 e. The number of carbonyl (C=O) groups is 2. The van der Waals surface area contributed by atoms with Crippen molar-refractivity contribution in [2.75, 3.05) is 19.8 Å². The normalized spacial score (nSPS) is 21.2. The van der Waals surface area contributed by atoms with Crippen molar-refractivity contribution < 1.29 is 19.1 Å². The van der Waals surface area contributed by atoms with Gasteiger partial charge in [-0.1, -0.05) is 19.3 Å². The van der Waals surface area contributed by atoms with Crippen LogP contribution in [-0.4, -0.2) is 37.2 Å². The first-order chi connectivity index (χ1) is 9.66. The molecule has 0 radical (unpaired) electrons. The molecule has 2 saturated carbocycles. The Hall–Kier alpha value is -1.10. The standard InChI is InChI=1S/C15H25NO4/c1-2-20-14(18)15(8-4-3-5-9-15)16-13(17)11-19-10-12-6-7-12/h12H,2-11H2,1H3,(H,16,17). The van der Waals surface area contributed by atoms with E-state index in [1.54, 1.807) is 6.92 Å². The van der Waals surface area contributed by atoms with Crippen LogP contribution < -0.4 is 5.32 Å². The molecule has 0 aromatic rings. The van der Waals surface area contributed by atoms with Crippen molar-refractivity contribution in [3.8, 4) is 0 Å². The third kappa shape index (κ3) is 4.20. The number of hydrogen-bond acceptors (Lipinski definition) is 4. The lowest BCUT2D eigenvalue weighted by molar-refractivity contribution is -0.155. The zero-order valence-electron chi connectivity index (χ0n) is 12.3. The summed E-state index contributed by atoms with van der Waals surface area (Å²) < 4.78 is 10.5. The molecule has 0 heterocycles. The van der Waals surface area contributed by atoms with Crippen LogP contribution in [0.2, 0.25) is 0 Å². The Balaban J connectivity index is 1.85. The van der Waals surface area contributed by atoms with Crippen molar-refractivity contribution in [1.29, 1.82) is 0 Å². The maximum atomic E-state index is 12.2. The van der Waals surface area contributed by atoms with E-state index in [9.17, 15) is 9.59 Å². The first-order valence-electron chi connectivity index (χ1n) is 7.72. The molecule has 0 spiro atoms. The predicted molar refractivity (Wildman–Crippen MR) is 74.1 cm³/mol. The van der Waals surface area contributed by atoms with Gasteiger partial charge in [0, 0.05) is 0 Å². The van der Waals surface area contributed by atoms with E-state index in [1.807, 2.05) is 0 Å². The molecule has 2 aliphatic rings. The first kappa shape index (κ1) is 15.3. The summed E-state index contributed by atoms with van der Waals surface area (Å²) in [6.45, 7) is 2.82. The summed E-state index contributed by atoms with van der Waals surface area (Å²) in [4.78, 5) is 24.2. The highest BCUT2D eigenvalue weighted by Gasteiger charge is 2.42. The van der Waals surface area contributed by atoms with Crippen LogP contribution in [0.3, 0.4) is 0 Å². The van der Waals surface area contributed by atoms with Gasteiger partial charge >= 0.3 is 5.97 Å². The van der Waals surface area contributed by atoms with Crippen LogP contribution in [0.15, 0.2) is 0 Å². The van der Waals surface area contributed by atoms with Crippen molar-refractivity contribution in [1.82, 2.24) is 5.32 Å². The number of esters is 1. The molecule has 0 atom stereocenters. The predicted octanol–water partition coefficient (Wildman–Crippen LogP) is 1.80. The average molecular weight is 283 g/mol. The van der Waals surface area contributed by atoms with Crippen LogP contribution in [-0.2, 0) is 19.1 Å². The Kier molecular flexibility index (Phi) is 5.40. The van der Waals surface area contributed by atoms with Crippen molar-refractivity contribution in [3.05, 3.63) is 0 Å². The second-order valence-corrected chi connectivity index (χ2v) is 5.87. The number of hydrogen-bond donors (Lipinski definition) is 1. The van der Waals surface area contributed by atoms with E-state index in [4.69, 9.17) is 9.47 Å². The highest BCUT2D eigenvalue weighted by atomic mass is 16.5. The fraction of sp³-hybridized carbons (Fsp3) is 0.867. The second-order valence-electron chi connectivity index (χ2n) is 5.87. The number of rotatable bonds is 7. The lowest BCUT2D eigenvalue weighted by atomic mass is 9.81. The number of carbonyl (C=O) groups excluding carboxylic acids is 2. The molecule has 114 valence electrons. The summed E-state index contributed by atoms with van der Waals surface area (Å²) in [6, 6.07) is 0. The molecule has 0 aromatic heterocycles. The van der Waals surface area contributed by atoms with Gasteiger partial charge in [0.05, 0.1) is 13.2 Å². The maximum Gasteiger partial charge on any atom is 0.331 e. The highest BCUT2D eigenvalue weighted by Crippen LogP contribution is 2.30. The Morgan fingerprint density at radius 2 is 1.90 bits per heavy atom. The van der Waals surface area contributed by atoms with Gasteiger partial charge in [-0.25, -0.2) is 4.79 Å². The van der Waals surface area contributed by atoms with Crippen molar-refractivity contribution in [3.63, 3.8) is 0 Å². The largest absolute Gasteiger partial charge is 0.464 e. The van der Waals surface area contributed by atoms with Gasteiger partial charge in [0.25, 0.3) is 0 Å². The number of nitrogens with one attached hydrogen (secondary N) is 1. The van der Waals surface area contributed by atoms with Gasteiger partial charge in [-0.05, 0) is 38.5 Å². The van der Waals surface area contributed by atoms with Crippen molar-refractivity contribution in [2.24, 2.45) is 5.92 Å². The molecule has 0 bridgehead atoms. The van der Waals surface area contributed by atoms with E-state index in [0.717, 1.165) is 19.3 Å². The molecule has 5 heteroatoms. The van der Waals surface area contributed by atoms with Crippen LogP contribution in [0.5, 0.6) is 0 Å². The number of amides is 1. The summed E-state index contributed by atoms with van der Waals surface area (Å²) >= 11 is 0. The van der Waals surface area contributed by atoms with Gasteiger partial charge < -0.3 is 14.8 Å². The summed E-state index contributed by atoms with van der Waals surface area (Å²) in [5.74, 6) is 0.132. The van der Waals surface area contributed by atoms with Gasteiger partial charge in [0.1, 0.15) is 12.1 Å². The highest BCUT2D eigenvalue weighted by molar-refractivity contribution is 5.88. The molecule has 0 saturated heterocycles. The molecule has 5 nitrogen and oxygen atoms in total. The van der Waals surface area contributed by atoms with E-state index >= 15 is 0 Å². The smallest absolute Gasteiger partial charge is 0.331 e. The lowest BCUT2D eigenvalue weighted by Gasteiger charge is -2.35. The van der Waals surface area contributed by atoms with E-state index in [0.29, 0.717) is 32.0 Å². The molecule has 0 aliphatic heterocycles. The molecule has 0 aromatic carbocycles. The average Bonchev–Trinajstić information content (AvgIpc) is 3.24. The lowest BCUT2D eigenvalue weighted by Crippen LogP contribution is -2.57. The van der Waals surface area contributed by atoms with Crippen LogP contribution in [0.4, 0.5) is 0 Å². The topological polar surface area (TPSA) is 64.6 Å². The molecule has 0 unspecified atom stereocenters. The quantitative estimate of drug-likeness (QED) is 0.724. The molecule has 2 rings (SSSR count). The third-order valence-corrected chi connectivity index (χ3v) is 4.04. The first-order valence-corrected chi connectivity index (χ1v) is 7.72. The Morgan fingerprint density at radius 3 is 2.50 bits per heavy atom. The van der Waals surface area contributed by atoms with Gasteiger partial charge in [0.2, 0.25) is 5.91 Å². The summed E-state index contributed by atoms with van der Waals surface area (Å²) in [5, 5.41) is 2.87. The zero-order chi connectivity index (χ0) is 14.4. The summed E-state index contributed by atoms with van der Waals surface area (Å²) in [5.41, 5.74) is -0.825. The molecule has 2 fully saturated rings.